The molecule has 1 heterocycles. The Kier molecular flexibility index (Phi) is 5.40. The molecule has 0 spiro atoms. The summed E-state index contributed by atoms with van der Waals surface area (Å²) < 4.78 is 4.78. The molecular formula is C12H17N3O4. The third-order valence-corrected chi connectivity index (χ3v) is 2.21. The van der Waals surface area contributed by atoms with Crippen LogP contribution in [0.5, 0.6) is 0 Å². The van der Waals surface area contributed by atoms with E-state index >= 15 is 0 Å². The van der Waals surface area contributed by atoms with Gasteiger partial charge in [0.05, 0.1) is 18.5 Å². The molecule has 1 atom stereocenters. The molecule has 7 nitrogen and oxygen atoms in total. The van der Waals surface area contributed by atoms with Gasteiger partial charge in [0.25, 0.3) is 0 Å². The predicted molar refractivity (Wildman–Crippen MR) is 68.4 cm³/mol. The van der Waals surface area contributed by atoms with Gasteiger partial charge in [-0.25, -0.2) is 0 Å². The highest BCUT2D eigenvalue weighted by Crippen LogP contribution is 2.03. The molecule has 19 heavy (non-hydrogen) atoms. The topological polar surface area (TPSA) is 101 Å². The third-order valence-electron chi connectivity index (χ3n) is 2.21. The molecule has 0 unspecified atom stereocenters. The number of carbonyl (C=O) groups excluding carboxylic acids is 2. The first kappa shape index (κ1) is 15.1. The van der Waals surface area contributed by atoms with Crippen molar-refractivity contribution in [3.63, 3.8) is 0 Å². The van der Waals surface area contributed by atoms with Crippen molar-refractivity contribution in [2.75, 3.05) is 25.6 Å². The van der Waals surface area contributed by atoms with Crippen molar-refractivity contribution in [2.24, 2.45) is 0 Å². The second kappa shape index (κ2) is 6.81. The summed E-state index contributed by atoms with van der Waals surface area (Å²) in [6, 6.07) is 3.25. The quantitative estimate of drug-likeness (QED) is 0.626. The lowest BCUT2D eigenvalue weighted by Crippen LogP contribution is -2.46. The highest BCUT2D eigenvalue weighted by Gasteiger charge is 2.23. The standard InChI is InChI=1S/C12H17N3O4/c1-12(18,8-19-2)7-14-10(16)11(17)15-9-4-3-5-13-6-9/h3-6,18H,7-8H2,1-2H3,(H,14,16)(H,15,17)/t12-/m1/s1. The van der Waals surface area contributed by atoms with Crippen molar-refractivity contribution >= 4 is 17.5 Å². The highest BCUT2D eigenvalue weighted by atomic mass is 16.5. The Bertz CT molecular complexity index is 434. The largest absolute Gasteiger partial charge is 0.386 e. The van der Waals surface area contributed by atoms with Crippen molar-refractivity contribution in [3.05, 3.63) is 24.5 Å². The minimum atomic E-state index is -1.22. The van der Waals surface area contributed by atoms with Gasteiger partial charge < -0.3 is 20.5 Å². The number of hydrogen-bond donors (Lipinski definition) is 3. The van der Waals surface area contributed by atoms with E-state index in [0.717, 1.165) is 0 Å². The van der Waals surface area contributed by atoms with Gasteiger partial charge >= 0.3 is 11.8 Å². The van der Waals surface area contributed by atoms with Gasteiger partial charge in [-0.2, -0.15) is 0 Å². The van der Waals surface area contributed by atoms with E-state index in [9.17, 15) is 14.7 Å². The number of ether oxygens (including phenoxy) is 1. The summed E-state index contributed by atoms with van der Waals surface area (Å²) in [5.74, 6) is -1.65. The molecule has 3 N–H and O–H groups in total. The molecule has 0 fully saturated rings. The average molecular weight is 267 g/mol. The van der Waals surface area contributed by atoms with Gasteiger partial charge in [0.2, 0.25) is 0 Å². The number of hydrogen-bond acceptors (Lipinski definition) is 5. The number of methoxy groups -OCH3 is 1. The summed E-state index contributed by atoms with van der Waals surface area (Å²) >= 11 is 0. The summed E-state index contributed by atoms with van der Waals surface area (Å²) in [7, 11) is 1.44. The second-order valence-corrected chi connectivity index (χ2v) is 4.31. The van der Waals surface area contributed by atoms with Gasteiger partial charge in [-0.15, -0.1) is 0 Å². The van der Waals surface area contributed by atoms with Crippen LogP contribution in [0.2, 0.25) is 0 Å². The van der Waals surface area contributed by atoms with Crippen LogP contribution in [-0.2, 0) is 14.3 Å². The molecule has 7 heteroatoms. The Morgan fingerprint density at radius 3 is 2.79 bits per heavy atom. The van der Waals surface area contributed by atoms with Gasteiger partial charge in [0.15, 0.2) is 0 Å². The van der Waals surface area contributed by atoms with E-state index in [0.29, 0.717) is 5.69 Å². The monoisotopic (exact) mass is 267 g/mol. The fourth-order valence-electron chi connectivity index (χ4n) is 1.34. The lowest BCUT2D eigenvalue weighted by atomic mass is 10.1. The Morgan fingerprint density at radius 1 is 1.47 bits per heavy atom. The maximum atomic E-state index is 11.5. The molecule has 1 aromatic heterocycles. The van der Waals surface area contributed by atoms with Crippen molar-refractivity contribution in [1.29, 1.82) is 0 Å². The van der Waals surface area contributed by atoms with Crippen LogP contribution in [0.3, 0.4) is 0 Å². The van der Waals surface area contributed by atoms with Crippen LogP contribution in [0.4, 0.5) is 5.69 Å². The van der Waals surface area contributed by atoms with E-state index in [2.05, 4.69) is 15.6 Å². The molecule has 0 aliphatic rings. The number of carbonyl (C=O) groups is 2. The Balaban J connectivity index is 2.44. The van der Waals surface area contributed by atoms with Crippen LogP contribution < -0.4 is 10.6 Å². The van der Waals surface area contributed by atoms with Crippen LogP contribution in [-0.4, -0.2) is 47.8 Å². The van der Waals surface area contributed by atoms with E-state index in [1.54, 1.807) is 18.3 Å². The number of amides is 2. The molecule has 1 rings (SSSR count). The van der Waals surface area contributed by atoms with E-state index in [1.165, 1.54) is 20.2 Å². The second-order valence-electron chi connectivity index (χ2n) is 4.31. The van der Waals surface area contributed by atoms with Crippen LogP contribution in [0, 0.1) is 0 Å². The fraction of sp³-hybridized carbons (Fsp3) is 0.417. The van der Waals surface area contributed by atoms with Crippen molar-refractivity contribution in [3.8, 4) is 0 Å². The summed E-state index contributed by atoms with van der Waals surface area (Å²) in [6.45, 7) is 1.47. The van der Waals surface area contributed by atoms with E-state index in [-0.39, 0.29) is 13.2 Å². The van der Waals surface area contributed by atoms with Crippen molar-refractivity contribution in [2.45, 2.75) is 12.5 Å². The Labute approximate surface area is 111 Å². The van der Waals surface area contributed by atoms with Gasteiger partial charge in [0, 0.05) is 19.9 Å². The lowest BCUT2D eigenvalue weighted by molar-refractivity contribution is -0.137. The number of pyridine rings is 1. The maximum absolute atomic E-state index is 11.5. The number of rotatable bonds is 5. The average Bonchev–Trinajstić information content (AvgIpc) is 2.37. The summed E-state index contributed by atoms with van der Waals surface area (Å²) in [5, 5.41) is 14.5. The molecule has 1 aromatic rings. The normalized spacial score (nSPS) is 13.4. The minimum absolute atomic E-state index is 0.0531. The number of anilines is 1. The SMILES string of the molecule is COC[C@](C)(O)CNC(=O)C(=O)Nc1cccnc1. The van der Waals surface area contributed by atoms with Gasteiger partial charge in [0.1, 0.15) is 5.60 Å². The first-order chi connectivity index (χ1) is 8.94. The maximum Gasteiger partial charge on any atom is 0.313 e. The molecule has 104 valence electrons. The smallest absolute Gasteiger partial charge is 0.313 e. The zero-order valence-corrected chi connectivity index (χ0v) is 10.8. The Morgan fingerprint density at radius 2 is 2.21 bits per heavy atom. The first-order valence-corrected chi connectivity index (χ1v) is 5.65. The minimum Gasteiger partial charge on any atom is -0.386 e. The van der Waals surface area contributed by atoms with Crippen LogP contribution >= 0.6 is 0 Å². The Hall–Kier alpha value is -1.99. The predicted octanol–water partition coefficient (Wildman–Crippen LogP) is -0.466. The summed E-state index contributed by atoms with van der Waals surface area (Å²) in [5.41, 5.74) is -0.801. The highest BCUT2D eigenvalue weighted by molar-refractivity contribution is 6.39. The van der Waals surface area contributed by atoms with E-state index < -0.39 is 17.4 Å². The summed E-state index contributed by atoms with van der Waals surface area (Å²) in [4.78, 5) is 26.8. The fourth-order valence-corrected chi connectivity index (χ4v) is 1.34. The molecule has 0 radical (unpaired) electrons. The molecule has 0 aliphatic carbocycles. The molecule has 2 amide bonds. The van der Waals surface area contributed by atoms with Crippen molar-refractivity contribution < 1.29 is 19.4 Å². The van der Waals surface area contributed by atoms with Crippen LogP contribution in [0.15, 0.2) is 24.5 Å². The number of aromatic nitrogens is 1. The zero-order chi connectivity index (χ0) is 14.3. The molecule has 0 bridgehead atoms. The number of nitrogens with one attached hydrogen (secondary N) is 2. The lowest BCUT2D eigenvalue weighted by Gasteiger charge is -2.22. The molecular weight excluding hydrogens is 250 g/mol. The molecule has 0 saturated carbocycles. The number of aliphatic hydroxyl groups is 1. The van der Waals surface area contributed by atoms with E-state index in [4.69, 9.17) is 4.74 Å². The van der Waals surface area contributed by atoms with Gasteiger partial charge in [-0.05, 0) is 19.1 Å². The van der Waals surface area contributed by atoms with Crippen molar-refractivity contribution in [1.82, 2.24) is 10.3 Å². The molecule has 0 aliphatic heterocycles. The summed E-state index contributed by atoms with van der Waals surface area (Å²) in [6.07, 6.45) is 2.98. The third kappa shape index (κ3) is 5.45. The van der Waals surface area contributed by atoms with E-state index in [1.807, 2.05) is 0 Å². The zero-order valence-electron chi connectivity index (χ0n) is 10.8. The number of nitrogens with zero attached hydrogens (tertiary/aromatic N) is 1. The molecule has 0 saturated heterocycles. The van der Waals surface area contributed by atoms with Gasteiger partial charge in [-0.1, -0.05) is 0 Å². The van der Waals surface area contributed by atoms with Crippen LogP contribution in [0.25, 0.3) is 0 Å². The molecule has 0 aromatic carbocycles. The van der Waals surface area contributed by atoms with Crippen LogP contribution in [0.1, 0.15) is 6.92 Å². The van der Waals surface area contributed by atoms with Gasteiger partial charge in [-0.3, -0.25) is 14.6 Å². The first-order valence-electron chi connectivity index (χ1n) is 5.65.